The second-order valence-electron chi connectivity index (χ2n) is 5.69. The fourth-order valence-corrected chi connectivity index (χ4v) is 4.22. The lowest BCUT2D eigenvalue weighted by molar-refractivity contribution is -0.384. The molecule has 1 fully saturated rings. The van der Waals surface area contributed by atoms with Gasteiger partial charge in [-0.05, 0) is 6.07 Å². The van der Waals surface area contributed by atoms with Gasteiger partial charge in [-0.25, -0.2) is 13.2 Å². The van der Waals surface area contributed by atoms with Crippen LogP contribution in [0.3, 0.4) is 0 Å². The van der Waals surface area contributed by atoms with E-state index in [1.165, 1.54) is 7.11 Å². The Bertz CT molecular complexity index is 847. The lowest BCUT2D eigenvalue weighted by Crippen LogP contribution is -2.50. The van der Waals surface area contributed by atoms with Crippen molar-refractivity contribution >= 4 is 27.6 Å². The first-order valence-electron chi connectivity index (χ1n) is 7.86. The van der Waals surface area contributed by atoms with Crippen LogP contribution in [0.15, 0.2) is 23.1 Å². The molecular weight excluding hydrogens is 382 g/mol. The maximum Gasteiger partial charge on any atom is 0.339 e. The van der Waals surface area contributed by atoms with E-state index in [0.717, 1.165) is 29.6 Å². The molecule has 0 aromatic heterocycles. The number of non-ortho nitro benzene ring substituents is 1. The molecule has 0 amide bonds. The fourth-order valence-electron chi connectivity index (χ4n) is 2.64. The van der Waals surface area contributed by atoms with Crippen LogP contribution < -0.4 is 0 Å². The molecule has 12 heteroatoms. The van der Waals surface area contributed by atoms with Crippen LogP contribution >= 0.6 is 0 Å². The van der Waals surface area contributed by atoms with Gasteiger partial charge in [0.2, 0.25) is 10.0 Å². The Labute approximate surface area is 155 Å². The molecule has 1 aromatic carbocycles. The van der Waals surface area contributed by atoms with E-state index >= 15 is 0 Å². The first kappa shape index (κ1) is 20.7. The van der Waals surface area contributed by atoms with Crippen molar-refractivity contribution in [2.45, 2.75) is 4.90 Å². The van der Waals surface area contributed by atoms with Gasteiger partial charge in [-0.1, -0.05) is 0 Å². The molecule has 148 valence electrons. The molecule has 11 nitrogen and oxygen atoms in total. The van der Waals surface area contributed by atoms with Gasteiger partial charge in [0.1, 0.15) is 0 Å². The van der Waals surface area contributed by atoms with Gasteiger partial charge in [-0.15, -0.1) is 0 Å². The van der Waals surface area contributed by atoms with E-state index in [2.05, 4.69) is 9.47 Å². The standard InChI is InChI=1S/C15H19N3O8S/c1-25-14(19)10-16-5-7-17(8-6-16)27(23,24)13-4-3-11(18(21)22)9-12(13)15(20)26-2/h3-4,9H,5-8,10H2,1-2H3. The third-order valence-electron chi connectivity index (χ3n) is 4.11. The number of carbonyl (C=O) groups is 2. The molecule has 1 saturated heterocycles. The van der Waals surface area contributed by atoms with Crippen LogP contribution in [0.4, 0.5) is 5.69 Å². The average Bonchev–Trinajstić information content (AvgIpc) is 2.67. The van der Waals surface area contributed by atoms with Gasteiger partial charge in [-0.3, -0.25) is 19.8 Å². The number of nitro benzene ring substituents is 1. The first-order chi connectivity index (χ1) is 12.7. The number of rotatable bonds is 6. The molecule has 0 unspecified atom stereocenters. The molecule has 0 spiro atoms. The highest BCUT2D eigenvalue weighted by Gasteiger charge is 2.33. The van der Waals surface area contributed by atoms with Crippen molar-refractivity contribution < 1.29 is 32.4 Å². The third-order valence-corrected chi connectivity index (χ3v) is 6.07. The van der Waals surface area contributed by atoms with Crippen molar-refractivity contribution in [1.29, 1.82) is 0 Å². The molecule has 1 aromatic rings. The Hall–Kier alpha value is -2.57. The second kappa shape index (κ2) is 8.41. The monoisotopic (exact) mass is 401 g/mol. The minimum Gasteiger partial charge on any atom is -0.468 e. The minimum absolute atomic E-state index is 0.0509. The lowest BCUT2D eigenvalue weighted by Gasteiger charge is -2.33. The third kappa shape index (κ3) is 4.59. The summed E-state index contributed by atoms with van der Waals surface area (Å²) in [5, 5.41) is 10.9. The number of hydrogen-bond donors (Lipinski definition) is 0. The lowest BCUT2D eigenvalue weighted by atomic mass is 10.2. The Kier molecular flexibility index (Phi) is 6.46. The second-order valence-corrected chi connectivity index (χ2v) is 7.59. The highest BCUT2D eigenvalue weighted by atomic mass is 32.2. The molecule has 0 aliphatic carbocycles. The van der Waals surface area contributed by atoms with Crippen LogP contribution in [0, 0.1) is 10.1 Å². The van der Waals surface area contributed by atoms with Crippen LogP contribution in [0.5, 0.6) is 0 Å². The predicted octanol–water partition coefficient (Wildman–Crippen LogP) is -0.139. The predicted molar refractivity (Wildman–Crippen MR) is 91.7 cm³/mol. The average molecular weight is 401 g/mol. The van der Waals surface area contributed by atoms with Gasteiger partial charge >= 0.3 is 11.9 Å². The molecular formula is C15H19N3O8S. The quantitative estimate of drug-likeness (QED) is 0.362. The first-order valence-corrected chi connectivity index (χ1v) is 9.30. The number of nitro groups is 1. The molecule has 1 aliphatic heterocycles. The molecule has 1 aliphatic rings. The SMILES string of the molecule is COC(=O)CN1CCN(S(=O)(=O)c2ccc([N+](=O)[O-])cc2C(=O)OC)CC1. The number of carbonyl (C=O) groups excluding carboxylic acids is 2. The zero-order valence-corrected chi connectivity index (χ0v) is 15.6. The number of benzene rings is 1. The van der Waals surface area contributed by atoms with Crippen molar-refractivity contribution in [3.05, 3.63) is 33.9 Å². The summed E-state index contributed by atoms with van der Waals surface area (Å²) in [7, 11) is -1.75. The van der Waals surface area contributed by atoms with E-state index in [4.69, 9.17) is 0 Å². The van der Waals surface area contributed by atoms with Crippen LogP contribution in [0.2, 0.25) is 0 Å². The molecule has 0 atom stereocenters. The highest BCUT2D eigenvalue weighted by molar-refractivity contribution is 7.89. The summed E-state index contributed by atoms with van der Waals surface area (Å²) in [4.78, 5) is 34.9. The fraction of sp³-hybridized carbons (Fsp3) is 0.467. The molecule has 0 bridgehead atoms. The summed E-state index contributed by atoms with van der Waals surface area (Å²) in [5.74, 6) is -1.41. The zero-order valence-electron chi connectivity index (χ0n) is 14.8. The smallest absolute Gasteiger partial charge is 0.339 e. The Morgan fingerprint density at radius 1 is 1.15 bits per heavy atom. The summed E-state index contributed by atoms with van der Waals surface area (Å²) in [6.45, 7) is 0.840. The van der Waals surface area contributed by atoms with Crippen molar-refractivity contribution in [1.82, 2.24) is 9.21 Å². The summed E-state index contributed by atoms with van der Waals surface area (Å²) in [6, 6.07) is 2.93. The van der Waals surface area contributed by atoms with Gasteiger partial charge in [0, 0.05) is 38.3 Å². The molecule has 27 heavy (non-hydrogen) atoms. The Morgan fingerprint density at radius 3 is 2.30 bits per heavy atom. The topological polar surface area (TPSA) is 136 Å². The van der Waals surface area contributed by atoms with E-state index in [9.17, 15) is 28.1 Å². The largest absolute Gasteiger partial charge is 0.468 e. The Balaban J connectivity index is 2.28. The maximum absolute atomic E-state index is 12.9. The van der Waals surface area contributed by atoms with E-state index in [0.29, 0.717) is 13.1 Å². The van der Waals surface area contributed by atoms with Crippen LogP contribution in [-0.4, -0.2) is 81.4 Å². The van der Waals surface area contributed by atoms with Crippen molar-refractivity contribution in [3.63, 3.8) is 0 Å². The molecule has 2 rings (SSSR count). The zero-order chi connectivity index (χ0) is 20.2. The highest BCUT2D eigenvalue weighted by Crippen LogP contribution is 2.26. The number of sulfonamides is 1. The summed E-state index contributed by atoms with van der Waals surface area (Å²) in [5.41, 5.74) is -0.819. The summed E-state index contributed by atoms with van der Waals surface area (Å²) < 4.78 is 36.2. The van der Waals surface area contributed by atoms with Crippen molar-refractivity contribution in [2.24, 2.45) is 0 Å². The van der Waals surface area contributed by atoms with Crippen LogP contribution in [-0.2, 0) is 24.3 Å². The van der Waals surface area contributed by atoms with Crippen molar-refractivity contribution in [2.75, 3.05) is 46.9 Å². The Morgan fingerprint density at radius 2 is 1.78 bits per heavy atom. The van der Waals surface area contributed by atoms with Gasteiger partial charge < -0.3 is 9.47 Å². The number of hydrogen-bond acceptors (Lipinski definition) is 9. The summed E-state index contributed by atoms with van der Waals surface area (Å²) in [6.07, 6.45) is 0. The molecule has 0 saturated carbocycles. The molecule has 0 radical (unpaired) electrons. The summed E-state index contributed by atoms with van der Waals surface area (Å²) >= 11 is 0. The maximum atomic E-state index is 12.9. The van der Waals surface area contributed by atoms with Crippen LogP contribution in [0.25, 0.3) is 0 Å². The number of esters is 2. The van der Waals surface area contributed by atoms with E-state index < -0.39 is 38.1 Å². The van der Waals surface area contributed by atoms with Gasteiger partial charge in [0.15, 0.2) is 0 Å². The number of methoxy groups -OCH3 is 2. The van der Waals surface area contributed by atoms with E-state index in [1.807, 2.05) is 0 Å². The minimum atomic E-state index is -4.08. The van der Waals surface area contributed by atoms with Gasteiger partial charge in [0.05, 0.1) is 36.1 Å². The normalized spacial score (nSPS) is 15.9. The molecule has 1 heterocycles. The van der Waals surface area contributed by atoms with Crippen LogP contribution in [0.1, 0.15) is 10.4 Å². The molecule has 0 N–H and O–H groups in total. The van der Waals surface area contributed by atoms with Crippen molar-refractivity contribution in [3.8, 4) is 0 Å². The number of nitrogens with zero attached hydrogens (tertiary/aromatic N) is 3. The number of ether oxygens (including phenoxy) is 2. The van der Waals surface area contributed by atoms with Gasteiger partial charge in [0.25, 0.3) is 5.69 Å². The van der Waals surface area contributed by atoms with Gasteiger partial charge in [-0.2, -0.15) is 4.31 Å². The van der Waals surface area contributed by atoms with E-state index in [1.54, 1.807) is 4.90 Å². The van der Waals surface area contributed by atoms with E-state index in [-0.39, 0.29) is 24.5 Å². The number of piperazine rings is 1.